The van der Waals surface area contributed by atoms with Crippen molar-refractivity contribution in [3.8, 4) is 0 Å². The molecule has 1 aromatic heterocycles. The normalized spacial score (nSPS) is 31.0. The number of hydrogen-bond donors (Lipinski definition) is 1. The van der Waals surface area contributed by atoms with Crippen molar-refractivity contribution >= 4 is 23.1 Å². The van der Waals surface area contributed by atoms with Gasteiger partial charge in [-0.05, 0) is 6.92 Å². The van der Waals surface area contributed by atoms with Crippen molar-refractivity contribution < 1.29 is 0 Å². The van der Waals surface area contributed by atoms with Crippen LogP contribution in [-0.2, 0) is 0 Å². The molecular formula is C7H10N2S2. The number of nitrogens with zero attached hydrogens (tertiary/aromatic N) is 1. The molecular weight excluding hydrogens is 176 g/mol. The number of rotatable bonds is 1. The van der Waals surface area contributed by atoms with E-state index in [-0.39, 0.29) is 0 Å². The van der Waals surface area contributed by atoms with Crippen LogP contribution in [0.15, 0.2) is 11.7 Å². The van der Waals surface area contributed by atoms with Crippen molar-refractivity contribution in [3.05, 3.63) is 16.6 Å². The maximum Gasteiger partial charge on any atom is 0.0901 e. The second kappa shape index (κ2) is 3.13. The molecule has 11 heavy (non-hydrogen) atoms. The number of aromatic nitrogens is 1. The van der Waals surface area contributed by atoms with E-state index < -0.39 is 0 Å². The average Bonchev–Trinajstić information content (AvgIpc) is 2.55. The molecule has 2 atom stereocenters. The maximum absolute atomic E-state index is 4.06. The van der Waals surface area contributed by atoms with E-state index in [1.54, 1.807) is 11.3 Å². The first-order valence-corrected chi connectivity index (χ1v) is 5.55. The third-order valence-electron chi connectivity index (χ3n) is 1.66. The number of nitrogens with one attached hydrogen (secondary N) is 1. The zero-order chi connectivity index (χ0) is 7.68. The van der Waals surface area contributed by atoms with Crippen molar-refractivity contribution in [2.45, 2.75) is 18.3 Å². The first-order valence-electron chi connectivity index (χ1n) is 3.62. The van der Waals surface area contributed by atoms with Gasteiger partial charge in [0, 0.05) is 18.0 Å². The Hall–Kier alpha value is -0.0600. The Labute approximate surface area is 74.4 Å². The summed E-state index contributed by atoms with van der Waals surface area (Å²) in [6.45, 7) is 2.22. The minimum absolute atomic E-state index is 0.498. The lowest BCUT2D eigenvalue weighted by Crippen LogP contribution is -2.21. The summed E-state index contributed by atoms with van der Waals surface area (Å²) < 4.78 is 0. The van der Waals surface area contributed by atoms with Gasteiger partial charge in [-0.2, -0.15) is 0 Å². The largest absolute Gasteiger partial charge is 0.298 e. The van der Waals surface area contributed by atoms with E-state index in [0.717, 1.165) is 0 Å². The molecule has 2 rings (SSSR count). The summed E-state index contributed by atoms with van der Waals surface area (Å²) >= 11 is 3.70. The molecule has 0 radical (unpaired) electrons. The molecule has 0 saturated carbocycles. The monoisotopic (exact) mass is 186 g/mol. The molecule has 2 nitrogen and oxygen atoms in total. The Kier molecular flexibility index (Phi) is 2.16. The second-order valence-corrected chi connectivity index (χ2v) is 4.74. The smallest absolute Gasteiger partial charge is 0.0901 e. The Balaban J connectivity index is 2.08. The van der Waals surface area contributed by atoms with Crippen LogP contribution in [0.1, 0.15) is 17.2 Å². The second-order valence-electron chi connectivity index (χ2n) is 2.68. The fraction of sp³-hybridized carbons (Fsp3) is 0.571. The molecule has 60 valence electrons. The molecule has 0 spiro atoms. The summed E-state index contributed by atoms with van der Waals surface area (Å²) in [4.78, 5) is 5.40. The SMILES string of the molecule is CC1CSC(c2cncs2)N1. The number of thiazole rings is 1. The molecule has 0 amide bonds. The Bertz CT molecular complexity index is 222. The average molecular weight is 186 g/mol. The first-order chi connectivity index (χ1) is 5.36. The van der Waals surface area contributed by atoms with Crippen molar-refractivity contribution in [1.29, 1.82) is 0 Å². The highest BCUT2D eigenvalue weighted by Crippen LogP contribution is 2.34. The van der Waals surface area contributed by atoms with Crippen molar-refractivity contribution in [1.82, 2.24) is 10.3 Å². The van der Waals surface area contributed by atoms with Gasteiger partial charge in [0.25, 0.3) is 0 Å². The van der Waals surface area contributed by atoms with E-state index in [4.69, 9.17) is 0 Å². The van der Waals surface area contributed by atoms with E-state index in [1.807, 2.05) is 23.5 Å². The summed E-state index contributed by atoms with van der Waals surface area (Å²) in [7, 11) is 0. The standard InChI is InChI=1S/C7H10N2S2/c1-5-3-10-7(9-5)6-2-8-4-11-6/h2,4-5,7,9H,3H2,1H3. The van der Waals surface area contributed by atoms with E-state index in [2.05, 4.69) is 17.2 Å². The molecule has 0 aromatic carbocycles. The van der Waals surface area contributed by atoms with Crippen LogP contribution in [0.3, 0.4) is 0 Å². The number of thioether (sulfide) groups is 1. The summed E-state index contributed by atoms with van der Waals surface area (Å²) in [6, 6.07) is 0.645. The van der Waals surface area contributed by atoms with Crippen LogP contribution in [0, 0.1) is 0 Å². The van der Waals surface area contributed by atoms with Crippen molar-refractivity contribution in [2.24, 2.45) is 0 Å². The molecule has 4 heteroatoms. The van der Waals surface area contributed by atoms with Gasteiger partial charge < -0.3 is 0 Å². The zero-order valence-electron chi connectivity index (χ0n) is 6.28. The van der Waals surface area contributed by atoms with Gasteiger partial charge in [0.05, 0.1) is 15.8 Å². The van der Waals surface area contributed by atoms with Crippen LogP contribution in [0.25, 0.3) is 0 Å². The Morgan fingerprint density at radius 3 is 3.18 bits per heavy atom. The number of hydrogen-bond acceptors (Lipinski definition) is 4. The minimum Gasteiger partial charge on any atom is -0.298 e. The highest BCUT2D eigenvalue weighted by Gasteiger charge is 2.22. The van der Waals surface area contributed by atoms with Gasteiger partial charge in [0.2, 0.25) is 0 Å². The summed E-state index contributed by atoms with van der Waals surface area (Å²) in [5.74, 6) is 1.21. The lowest BCUT2D eigenvalue weighted by atomic mass is 10.4. The van der Waals surface area contributed by atoms with Crippen LogP contribution >= 0.6 is 23.1 Å². The zero-order valence-corrected chi connectivity index (χ0v) is 7.91. The molecule has 1 saturated heterocycles. The lowest BCUT2D eigenvalue weighted by Gasteiger charge is -2.06. The van der Waals surface area contributed by atoms with Crippen molar-refractivity contribution in [3.63, 3.8) is 0 Å². The molecule has 1 aliphatic rings. The van der Waals surface area contributed by atoms with Crippen molar-refractivity contribution in [2.75, 3.05) is 5.75 Å². The molecule has 1 fully saturated rings. The predicted molar refractivity (Wildman–Crippen MR) is 49.9 cm³/mol. The predicted octanol–water partition coefficient (Wildman–Crippen LogP) is 1.87. The summed E-state index contributed by atoms with van der Waals surface area (Å²) in [5.41, 5.74) is 1.89. The van der Waals surface area contributed by atoms with E-state index in [0.29, 0.717) is 11.4 Å². The molecule has 1 aliphatic heterocycles. The summed E-state index contributed by atoms with van der Waals surface area (Å²) in [6.07, 6.45) is 1.95. The third kappa shape index (κ3) is 1.58. The van der Waals surface area contributed by atoms with E-state index in [1.165, 1.54) is 10.6 Å². The van der Waals surface area contributed by atoms with Crippen LogP contribution in [-0.4, -0.2) is 16.8 Å². The van der Waals surface area contributed by atoms with Crippen LogP contribution in [0.2, 0.25) is 0 Å². The van der Waals surface area contributed by atoms with Gasteiger partial charge in [-0.25, -0.2) is 0 Å². The van der Waals surface area contributed by atoms with E-state index >= 15 is 0 Å². The molecule has 2 heterocycles. The Morgan fingerprint density at radius 2 is 2.64 bits per heavy atom. The Morgan fingerprint density at radius 1 is 1.73 bits per heavy atom. The molecule has 1 aromatic rings. The maximum atomic E-state index is 4.06. The van der Waals surface area contributed by atoms with Crippen LogP contribution in [0.5, 0.6) is 0 Å². The van der Waals surface area contributed by atoms with Gasteiger partial charge in [0.1, 0.15) is 0 Å². The van der Waals surface area contributed by atoms with E-state index in [9.17, 15) is 0 Å². The fourth-order valence-corrected chi connectivity index (χ4v) is 3.17. The minimum atomic E-state index is 0.498. The highest BCUT2D eigenvalue weighted by molar-refractivity contribution is 7.99. The molecule has 0 bridgehead atoms. The fourth-order valence-electron chi connectivity index (χ4n) is 1.11. The van der Waals surface area contributed by atoms with Gasteiger partial charge in [-0.3, -0.25) is 10.3 Å². The molecule has 1 N–H and O–H groups in total. The van der Waals surface area contributed by atoms with Gasteiger partial charge in [-0.15, -0.1) is 23.1 Å². The van der Waals surface area contributed by atoms with Crippen LogP contribution in [0.4, 0.5) is 0 Å². The van der Waals surface area contributed by atoms with Gasteiger partial charge in [0.15, 0.2) is 0 Å². The first kappa shape index (κ1) is 7.58. The van der Waals surface area contributed by atoms with Crippen LogP contribution < -0.4 is 5.32 Å². The third-order valence-corrected chi connectivity index (χ3v) is 4.06. The molecule has 2 unspecified atom stereocenters. The van der Waals surface area contributed by atoms with Gasteiger partial charge in [-0.1, -0.05) is 0 Å². The molecule has 0 aliphatic carbocycles. The highest BCUT2D eigenvalue weighted by atomic mass is 32.2. The topological polar surface area (TPSA) is 24.9 Å². The van der Waals surface area contributed by atoms with Gasteiger partial charge >= 0.3 is 0 Å². The lowest BCUT2D eigenvalue weighted by molar-refractivity contribution is 0.622. The summed E-state index contributed by atoms with van der Waals surface area (Å²) in [5, 5.41) is 3.99. The quantitative estimate of drug-likeness (QED) is 0.724.